The summed E-state index contributed by atoms with van der Waals surface area (Å²) in [6, 6.07) is 0. The van der Waals surface area contributed by atoms with E-state index in [-0.39, 0.29) is 17.0 Å². The Morgan fingerprint density at radius 1 is 1.30 bits per heavy atom. The van der Waals surface area contributed by atoms with E-state index < -0.39 is 0 Å². The van der Waals surface area contributed by atoms with Gasteiger partial charge in [-0.25, -0.2) is 4.79 Å². The maximum Gasteiger partial charge on any atom is 0.331 e. The molecule has 0 bridgehead atoms. The Morgan fingerprint density at radius 2 is 2.15 bits per heavy atom. The Morgan fingerprint density at radius 3 is 2.89 bits per heavy atom. The Balaban J connectivity index is 1.39. The van der Waals surface area contributed by atoms with Crippen molar-refractivity contribution in [1.82, 2.24) is 0 Å². The molecular formula is C23H27NO3. The third-order valence-corrected chi connectivity index (χ3v) is 9.19. The Labute approximate surface area is 160 Å². The summed E-state index contributed by atoms with van der Waals surface area (Å²) < 4.78 is 6.05. The number of esters is 1. The van der Waals surface area contributed by atoms with Gasteiger partial charge in [-0.15, -0.1) is 0 Å². The van der Waals surface area contributed by atoms with Gasteiger partial charge in [-0.3, -0.25) is 0 Å². The van der Waals surface area contributed by atoms with Crippen LogP contribution in [0.3, 0.4) is 0 Å². The van der Waals surface area contributed by atoms with E-state index in [1.54, 1.807) is 6.08 Å². The molecule has 0 aromatic carbocycles. The predicted molar refractivity (Wildman–Crippen MR) is 101 cm³/mol. The topological polar surface area (TPSA) is 58.9 Å². The van der Waals surface area contributed by atoms with E-state index in [4.69, 9.17) is 4.74 Å². The molecule has 0 radical (unpaired) electrons. The molecule has 4 saturated carbocycles. The quantitative estimate of drug-likeness (QED) is 0.396. The number of hydrogen-bond donors (Lipinski definition) is 1. The minimum absolute atomic E-state index is 0.0677. The van der Waals surface area contributed by atoms with Crippen LogP contribution in [0.15, 0.2) is 41.1 Å². The van der Waals surface area contributed by atoms with E-state index in [1.807, 2.05) is 0 Å². The van der Waals surface area contributed by atoms with Gasteiger partial charge in [0.05, 0.1) is 5.71 Å². The summed E-state index contributed by atoms with van der Waals surface area (Å²) in [6.45, 7) is 6.83. The van der Waals surface area contributed by atoms with Crippen LogP contribution in [0.1, 0.15) is 45.4 Å². The fraction of sp³-hybridized carbons (Fsp3) is 0.652. The van der Waals surface area contributed by atoms with Gasteiger partial charge in [0, 0.05) is 17.4 Å². The molecule has 1 aliphatic heterocycles. The van der Waals surface area contributed by atoms with Crippen LogP contribution in [0.5, 0.6) is 0 Å². The fourth-order valence-corrected chi connectivity index (χ4v) is 8.18. The summed E-state index contributed by atoms with van der Waals surface area (Å²) in [7, 11) is 0. The zero-order valence-corrected chi connectivity index (χ0v) is 15.9. The number of nitrogens with zero attached hydrogens (tertiary/aromatic N) is 1. The molecule has 4 fully saturated rings. The van der Waals surface area contributed by atoms with Crippen LogP contribution in [0.4, 0.5) is 0 Å². The SMILES string of the molecule is C=C1CC2C(CC[C@@]3(C)C2[C@H]2C[C@H]2[C@@]32C=CC(=O)O2)[C@H]2CC/C(=N/O)C=C12. The number of allylic oxidation sites excluding steroid dienone is 3. The number of carbonyl (C=O) groups is 1. The molecule has 3 unspecified atom stereocenters. The summed E-state index contributed by atoms with van der Waals surface area (Å²) in [6.07, 6.45) is 12.4. The number of oxime groups is 1. The Bertz CT molecular complexity index is 854. The number of rotatable bonds is 0. The van der Waals surface area contributed by atoms with Crippen molar-refractivity contribution in [2.24, 2.45) is 46.1 Å². The van der Waals surface area contributed by atoms with Gasteiger partial charge in [0.25, 0.3) is 0 Å². The molecule has 0 amide bonds. The lowest BCUT2D eigenvalue weighted by molar-refractivity contribution is -0.167. The highest BCUT2D eigenvalue weighted by Gasteiger charge is 2.77. The minimum atomic E-state index is -0.342. The molecule has 0 aromatic heterocycles. The lowest BCUT2D eigenvalue weighted by Gasteiger charge is -2.57. The largest absolute Gasteiger partial charge is 0.451 e. The fourth-order valence-electron chi connectivity index (χ4n) is 8.18. The molecule has 0 saturated heterocycles. The van der Waals surface area contributed by atoms with Crippen molar-refractivity contribution in [3.63, 3.8) is 0 Å². The number of ether oxygens (including phenoxy) is 1. The molecule has 6 rings (SSSR count). The highest BCUT2D eigenvalue weighted by Crippen LogP contribution is 2.77. The Hall–Kier alpha value is -1.84. The summed E-state index contributed by atoms with van der Waals surface area (Å²) in [4.78, 5) is 12.0. The van der Waals surface area contributed by atoms with Gasteiger partial charge >= 0.3 is 5.97 Å². The number of hydrogen-bond acceptors (Lipinski definition) is 4. The first-order valence-electron chi connectivity index (χ1n) is 10.5. The van der Waals surface area contributed by atoms with E-state index in [0.29, 0.717) is 35.5 Å². The van der Waals surface area contributed by atoms with E-state index >= 15 is 0 Å². The highest BCUT2D eigenvalue weighted by atomic mass is 16.6. The monoisotopic (exact) mass is 365 g/mol. The zero-order chi connectivity index (χ0) is 18.6. The number of carbonyl (C=O) groups excluding carboxylic acids is 1. The van der Waals surface area contributed by atoms with Crippen molar-refractivity contribution >= 4 is 11.7 Å². The van der Waals surface area contributed by atoms with Gasteiger partial charge < -0.3 is 9.94 Å². The molecule has 6 aliphatic rings. The maximum absolute atomic E-state index is 12.0. The summed E-state index contributed by atoms with van der Waals surface area (Å²) in [5.74, 6) is 3.61. The summed E-state index contributed by atoms with van der Waals surface area (Å²) in [5, 5.41) is 12.7. The molecule has 27 heavy (non-hydrogen) atoms. The van der Waals surface area contributed by atoms with E-state index in [0.717, 1.165) is 31.4 Å². The third kappa shape index (κ3) is 1.80. The third-order valence-electron chi connectivity index (χ3n) is 9.19. The van der Waals surface area contributed by atoms with E-state index in [9.17, 15) is 10.0 Å². The van der Waals surface area contributed by atoms with Gasteiger partial charge in [-0.05, 0) is 85.8 Å². The summed E-state index contributed by atoms with van der Waals surface area (Å²) >= 11 is 0. The second kappa shape index (κ2) is 4.95. The smallest absolute Gasteiger partial charge is 0.331 e. The van der Waals surface area contributed by atoms with Crippen molar-refractivity contribution in [2.45, 2.75) is 51.0 Å². The molecule has 8 atom stereocenters. The van der Waals surface area contributed by atoms with Crippen LogP contribution in [-0.2, 0) is 9.53 Å². The zero-order valence-electron chi connectivity index (χ0n) is 15.9. The standard InChI is InChI=1S/C23H27NO3/c1-12-9-17-15(14-4-3-13(24-26)10-16(12)14)5-7-22(2)21(17)18-11-19(18)23(22)8-6-20(25)27-23/h6,8,10,14-15,17-19,21,26H,1,3-5,7,9,11H2,2H3/b24-13-/t14-,15?,17?,18+,19-,21?,22+,23+/m1/s1. The van der Waals surface area contributed by atoms with Crippen LogP contribution < -0.4 is 0 Å². The predicted octanol–water partition coefficient (Wildman–Crippen LogP) is 4.26. The first-order valence-corrected chi connectivity index (χ1v) is 10.5. The molecule has 4 nitrogen and oxygen atoms in total. The minimum Gasteiger partial charge on any atom is -0.451 e. The summed E-state index contributed by atoms with van der Waals surface area (Å²) in [5.41, 5.74) is 3.10. The van der Waals surface area contributed by atoms with Crippen LogP contribution in [-0.4, -0.2) is 22.5 Å². The molecule has 5 aliphatic carbocycles. The highest BCUT2D eigenvalue weighted by molar-refractivity contribution is 5.96. The van der Waals surface area contributed by atoms with Gasteiger partial charge in [0.15, 0.2) is 0 Å². The average molecular weight is 365 g/mol. The normalized spacial score (nSPS) is 53.5. The molecule has 1 heterocycles. The van der Waals surface area contributed by atoms with Crippen molar-refractivity contribution in [2.75, 3.05) is 0 Å². The van der Waals surface area contributed by atoms with E-state index in [1.165, 1.54) is 24.0 Å². The number of fused-ring (bicyclic) bond motifs is 9. The molecule has 142 valence electrons. The van der Waals surface area contributed by atoms with Crippen LogP contribution in [0.2, 0.25) is 0 Å². The maximum atomic E-state index is 12.0. The first-order chi connectivity index (χ1) is 13.0. The van der Waals surface area contributed by atoms with Gasteiger partial charge in [-0.1, -0.05) is 24.2 Å². The van der Waals surface area contributed by atoms with Crippen LogP contribution in [0.25, 0.3) is 0 Å². The van der Waals surface area contributed by atoms with Crippen molar-refractivity contribution in [1.29, 1.82) is 0 Å². The molecule has 0 aromatic rings. The molecule has 1 N–H and O–H groups in total. The molecule has 4 heteroatoms. The van der Waals surface area contributed by atoms with Crippen LogP contribution in [0, 0.1) is 40.9 Å². The average Bonchev–Trinajstić information content (AvgIpc) is 3.30. The second-order valence-corrected chi connectivity index (χ2v) is 10.0. The van der Waals surface area contributed by atoms with Gasteiger partial charge in [0.1, 0.15) is 5.60 Å². The molecule has 1 spiro atoms. The lowest BCUT2D eigenvalue weighted by atomic mass is 9.48. The first kappa shape index (κ1) is 16.1. The lowest BCUT2D eigenvalue weighted by Crippen LogP contribution is -2.55. The van der Waals surface area contributed by atoms with Crippen molar-refractivity contribution in [3.05, 3.63) is 36.0 Å². The van der Waals surface area contributed by atoms with Crippen molar-refractivity contribution < 1.29 is 14.7 Å². The second-order valence-electron chi connectivity index (χ2n) is 10.0. The van der Waals surface area contributed by atoms with Gasteiger partial charge in [0.2, 0.25) is 0 Å². The van der Waals surface area contributed by atoms with Crippen molar-refractivity contribution in [3.8, 4) is 0 Å². The van der Waals surface area contributed by atoms with Crippen LogP contribution >= 0.6 is 0 Å². The van der Waals surface area contributed by atoms with E-state index in [2.05, 4.69) is 30.8 Å². The van der Waals surface area contributed by atoms with Gasteiger partial charge in [-0.2, -0.15) is 0 Å². The Kier molecular flexibility index (Phi) is 2.96. The molecular weight excluding hydrogens is 338 g/mol.